The molecule has 0 spiro atoms. The number of aliphatic hydroxyl groups excluding tert-OH is 2. The SMILES string of the molecule is CCCCCCC/C=C\C/C=C\CCCCCCCCCCCCCCCCCCCCCCCC(=O)NC(CO)C(O)/C=C/CCCCCCCCCCCCCCCCCCC. The normalized spacial score (nSPS) is 13.0. The molecule has 1 amide bonds. The van der Waals surface area contributed by atoms with E-state index < -0.39 is 12.1 Å². The van der Waals surface area contributed by atoms with E-state index >= 15 is 0 Å². The van der Waals surface area contributed by atoms with E-state index in [2.05, 4.69) is 43.5 Å². The van der Waals surface area contributed by atoms with Crippen LogP contribution in [0.3, 0.4) is 0 Å². The van der Waals surface area contributed by atoms with Crippen LogP contribution in [0.5, 0.6) is 0 Å². The van der Waals surface area contributed by atoms with Gasteiger partial charge >= 0.3 is 0 Å². The number of unbranched alkanes of at least 4 members (excludes halogenated alkanes) is 43. The molecule has 0 saturated heterocycles. The fourth-order valence-corrected chi connectivity index (χ4v) is 9.15. The quantitative estimate of drug-likeness (QED) is 0.0421. The van der Waals surface area contributed by atoms with Gasteiger partial charge in [0, 0.05) is 6.42 Å². The number of hydrogen-bond donors (Lipinski definition) is 3. The van der Waals surface area contributed by atoms with Crippen molar-refractivity contribution < 1.29 is 15.0 Å². The smallest absolute Gasteiger partial charge is 0.220 e. The number of aliphatic hydroxyl groups is 2. The molecule has 0 aromatic carbocycles. The van der Waals surface area contributed by atoms with Crippen molar-refractivity contribution in [1.82, 2.24) is 5.32 Å². The van der Waals surface area contributed by atoms with Crippen LogP contribution in [0.1, 0.15) is 322 Å². The van der Waals surface area contributed by atoms with Crippen molar-refractivity contribution in [2.45, 2.75) is 334 Å². The number of allylic oxidation sites excluding steroid dienone is 5. The molecule has 3 N–H and O–H groups in total. The number of hydrogen-bond acceptors (Lipinski definition) is 3. The molecular weight excluding hydrogens is 783 g/mol. The molecule has 0 heterocycles. The molecule has 0 bridgehead atoms. The maximum absolute atomic E-state index is 12.5. The minimum absolute atomic E-state index is 0.0580. The van der Waals surface area contributed by atoms with E-state index in [1.807, 2.05) is 6.08 Å². The van der Waals surface area contributed by atoms with E-state index in [9.17, 15) is 15.0 Å². The van der Waals surface area contributed by atoms with Crippen molar-refractivity contribution in [3.63, 3.8) is 0 Å². The van der Waals surface area contributed by atoms with Gasteiger partial charge in [-0.2, -0.15) is 0 Å². The van der Waals surface area contributed by atoms with Gasteiger partial charge in [-0.25, -0.2) is 0 Å². The van der Waals surface area contributed by atoms with Gasteiger partial charge in [-0.05, 0) is 51.4 Å². The van der Waals surface area contributed by atoms with Gasteiger partial charge in [-0.3, -0.25) is 4.79 Å². The molecule has 4 nitrogen and oxygen atoms in total. The van der Waals surface area contributed by atoms with Gasteiger partial charge in [0.15, 0.2) is 0 Å². The predicted molar refractivity (Wildman–Crippen MR) is 285 cm³/mol. The van der Waals surface area contributed by atoms with Crippen molar-refractivity contribution >= 4 is 5.91 Å². The molecule has 2 unspecified atom stereocenters. The third-order valence-electron chi connectivity index (χ3n) is 13.6. The van der Waals surface area contributed by atoms with Gasteiger partial charge in [0.05, 0.1) is 18.8 Å². The summed E-state index contributed by atoms with van der Waals surface area (Å²) < 4.78 is 0. The highest BCUT2D eigenvalue weighted by molar-refractivity contribution is 5.76. The lowest BCUT2D eigenvalue weighted by atomic mass is 10.0. The fraction of sp³-hybridized carbons (Fsp3) is 0.883. The number of carbonyl (C=O) groups excluding carboxylic acids is 1. The van der Waals surface area contributed by atoms with E-state index in [-0.39, 0.29) is 12.5 Å². The van der Waals surface area contributed by atoms with Crippen LogP contribution >= 0.6 is 0 Å². The Morgan fingerprint density at radius 2 is 0.641 bits per heavy atom. The Hall–Kier alpha value is -1.39. The second-order valence-corrected chi connectivity index (χ2v) is 20.1. The molecule has 2 atom stereocenters. The molecule has 0 fully saturated rings. The Labute approximate surface area is 402 Å². The van der Waals surface area contributed by atoms with Crippen molar-refractivity contribution in [2.24, 2.45) is 0 Å². The predicted octanol–water partition coefficient (Wildman–Crippen LogP) is 19.3. The van der Waals surface area contributed by atoms with Gasteiger partial charge in [-0.15, -0.1) is 0 Å². The zero-order valence-electron chi connectivity index (χ0n) is 43.6. The van der Waals surface area contributed by atoms with E-state index in [4.69, 9.17) is 0 Å². The molecule has 0 saturated carbocycles. The molecule has 378 valence electrons. The van der Waals surface area contributed by atoms with E-state index in [1.54, 1.807) is 6.08 Å². The Morgan fingerprint density at radius 3 is 0.938 bits per heavy atom. The minimum atomic E-state index is -0.838. The summed E-state index contributed by atoms with van der Waals surface area (Å²) >= 11 is 0. The second kappa shape index (κ2) is 55.9. The summed E-state index contributed by atoms with van der Waals surface area (Å²) in [7, 11) is 0. The van der Waals surface area contributed by atoms with Gasteiger partial charge in [0.1, 0.15) is 0 Å². The maximum atomic E-state index is 12.5. The van der Waals surface area contributed by atoms with E-state index in [0.29, 0.717) is 6.42 Å². The molecule has 0 aliphatic rings. The van der Waals surface area contributed by atoms with Crippen molar-refractivity contribution in [2.75, 3.05) is 6.61 Å². The molecule has 0 aliphatic carbocycles. The van der Waals surface area contributed by atoms with Crippen LogP contribution in [0, 0.1) is 0 Å². The average Bonchev–Trinajstić information content (AvgIpc) is 3.30. The van der Waals surface area contributed by atoms with Crippen molar-refractivity contribution in [3.05, 3.63) is 36.5 Å². The average molecular weight is 899 g/mol. The van der Waals surface area contributed by atoms with Crippen LogP contribution < -0.4 is 5.32 Å². The summed E-state index contributed by atoms with van der Waals surface area (Å²) in [5, 5.41) is 23.2. The van der Waals surface area contributed by atoms with Gasteiger partial charge in [0.25, 0.3) is 0 Å². The van der Waals surface area contributed by atoms with Crippen LogP contribution in [0.15, 0.2) is 36.5 Å². The Morgan fingerprint density at radius 1 is 0.375 bits per heavy atom. The molecule has 64 heavy (non-hydrogen) atoms. The third-order valence-corrected chi connectivity index (χ3v) is 13.6. The molecule has 0 aromatic rings. The zero-order chi connectivity index (χ0) is 46.3. The summed E-state index contributed by atoms with van der Waals surface area (Å²) in [6.45, 7) is 4.33. The van der Waals surface area contributed by atoms with Gasteiger partial charge < -0.3 is 15.5 Å². The highest BCUT2D eigenvalue weighted by atomic mass is 16.3. The van der Waals surface area contributed by atoms with E-state index in [0.717, 1.165) is 32.1 Å². The molecule has 0 radical (unpaired) electrons. The monoisotopic (exact) mass is 898 g/mol. The van der Waals surface area contributed by atoms with Crippen molar-refractivity contribution in [3.8, 4) is 0 Å². The Balaban J connectivity index is 3.44. The second-order valence-electron chi connectivity index (χ2n) is 20.1. The zero-order valence-corrected chi connectivity index (χ0v) is 43.6. The number of nitrogens with one attached hydrogen (secondary N) is 1. The Kier molecular flexibility index (Phi) is 54.7. The lowest BCUT2D eigenvalue weighted by molar-refractivity contribution is -0.123. The minimum Gasteiger partial charge on any atom is -0.394 e. The van der Waals surface area contributed by atoms with Gasteiger partial charge in [0.2, 0.25) is 5.91 Å². The summed E-state index contributed by atoms with van der Waals surface area (Å²) in [5.41, 5.74) is 0. The van der Waals surface area contributed by atoms with Crippen molar-refractivity contribution in [1.29, 1.82) is 0 Å². The van der Waals surface area contributed by atoms with Crippen LogP contribution in [0.2, 0.25) is 0 Å². The number of rotatable bonds is 54. The summed E-state index contributed by atoms with van der Waals surface area (Å²) in [4.78, 5) is 12.5. The van der Waals surface area contributed by atoms with Crippen LogP contribution in [-0.4, -0.2) is 34.9 Å². The Bertz CT molecular complexity index is 974. The number of carbonyl (C=O) groups is 1. The van der Waals surface area contributed by atoms with E-state index in [1.165, 1.54) is 270 Å². The first kappa shape index (κ1) is 62.6. The lowest BCUT2D eigenvalue weighted by Gasteiger charge is -2.20. The highest BCUT2D eigenvalue weighted by Crippen LogP contribution is 2.17. The largest absolute Gasteiger partial charge is 0.394 e. The fourth-order valence-electron chi connectivity index (χ4n) is 9.15. The van der Waals surface area contributed by atoms with Crippen LogP contribution in [-0.2, 0) is 4.79 Å². The number of amides is 1. The third kappa shape index (κ3) is 51.6. The van der Waals surface area contributed by atoms with Gasteiger partial charge in [-0.1, -0.05) is 301 Å². The maximum Gasteiger partial charge on any atom is 0.220 e. The molecule has 0 aliphatic heterocycles. The molecule has 4 heteroatoms. The molecular formula is C60H115NO3. The summed E-state index contributed by atoms with van der Waals surface area (Å²) in [6, 6.07) is -0.620. The first-order valence-corrected chi connectivity index (χ1v) is 29.2. The van der Waals surface area contributed by atoms with Crippen LogP contribution in [0.4, 0.5) is 0 Å². The first-order chi connectivity index (χ1) is 31.7. The highest BCUT2D eigenvalue weighted by Gasteiger charge is 2.18. The molecule has 0 aromatic heterocycles. The summed E-state index contributed by atoms with van der Waals surface area (Å²) in [6.07, 6.45) is 76.0. The summed E-state index contributed by atoms with van der Waals surface area (Å²) in [5.74, 6) is -0.0580. The first-order valence-electron chi connectivity index (χ1n) is 29.2. The molecule has 0 rings (SSSR count). The topological polar surface area (TPSA) is 69.6 Å². The lowest BCUT2D eigenvalue weighted by Crippen LogP contribution is -2.45. The standard InChI is InChI=1S/C60H115NO3/c1-3-5-7-9-11-13-15-17-19-21-23-24-25-26-27-28-29-30-31-32-33-34-35-36-38-40-42-44-46-48-50-52-54-56-60(64)61-58(57-62)59(63)55-53-51-49-47-45-43-41-39-37-22-20-18-16-14-12-10-8-6-4-2/h15,17,21,23,53,55,58-59,62-63H,3-14,16,18-20,22,24-52,54,56-57H2,1-2H3,(H,61,64)/b17-15-,23-21-,55-53+. The van der Waals surface area contributed by atoms with Crippen LogP contribution in [0.25, 0.3) is 0 Å².